The summed E-state index contributed by atoms with van der Waals surface area (Å²) in [4.78, 5) is 41.2. The van der Waals surface area contributed by atoms with Gasteiger partial charge in [-0.2, -0.15) is 0 Å². The Bertz CT molecular complexity index is 651. The Balaban J connectivity index is 4.33. The summed E-state index contributed by atoms with van der Waals surface area (Å²) in [5, 5.41) is 17.2. The topological polar surface area (TPSA) is 219 Å². The molecule has 42 heavy (non-hydrogen) atoms. The van der Waals surface area contributed by atoms with Crippen LogP contribution in [0.3, 0.4) is 0 Å². The fourth-order valence-electron chi connectivity index (χ4n) is 2.64. The summed E-state index contributed by atoms with van der Waals surface area (Å²) >= 11 is 0. The lowest BCUT2D eigenvalue weighted by molar-refractivity contribution is -0.146. The van der Waals surface area contributed by atoms with E-state index in [2.05, 4.69) is 9.47 Å². The second-order valence-electron chi connectivity index (χ2n) is 7.76. The third kappa shape index (κ3) is 30.4. The van der Waals surface area contributed by atoms with Gasteiger partial charge in [0.2, 0.25) is 0 Å². The molecule has 0 aromatic rings. The van der Waals surface area contributed by atoms with Crippen LogP contribution in [-0.2, 0) is 76.0 Å². The van der Waals surface area contributed by atoms with Gasteiger partial charge in [-0.15, -0.1) is 0 Å². The van der Waals surface area contributed by atoms with Gasteiger partial charge in [0.05, 0.1) is 92.5 Å². The summed E-state index contributed by atoms with van der Waals surface area (Å²) in [6.07, 6.45) is -0.963. The lowest BCUT2D eigenvalue weighted by atomic mass is 10.4. The van der Waals surface area contributed by atoms with Crippen molar-refractivity contribution >= 4 is 24.9 Å². The molecule has 0 spiro atoms. The molecule has 2 unspecified atom stereocenters. The number of ether oxygens (including phenoxy) is 12. The van der Waals surface area contributed by atoms with Gasteiger partial charge in [0, 0.05) is 0 Å². The van der Waals surface area contributed by atoms with Crippen molar-refractivity contribution in [3.05, 3.63) is 0 Å². The predicted octanol–water partition coefficient (Wildman–Crippen LogP) is -1.68. The van der Waals surface area contributed by atoms with E-state index in [1.54, 1.807) is 0 Å². The molecule has 0 fully saturated rings. The first-order chi connectivity index (χ1) is 20.5. The van der Waals surface area contributed by atoms with Crippen molar-refractivity contribution in [1.29, 1.82) is 0 Å². The van der Waals surface area contributed by atoms with Crippen LogP contribution in [0.4, 0.5) is 0 Å². The first kappa shape index (κ1) is 39.5. The number of carboxylic acid groups (broad SMARTS) is 2. The van der Waals surface area contributed by atoms with Crippen molar-refractivity contribution in [2.24, 2.45) is 0 Å². The van der Waals surface area contributed by atoms with Gasteiger partial charge in [-0.1, -0.05) is 0 Å². The second-order valence-corrected chi connectivity index (χ2v) is 7.76. The van der Waals surface area contributed by atoms with Crippen LogP contribution < -0.4 is 0 Å². The van der Waals surface area contributed by atoms with Crippen LogP contribution in [-0.4, -0.2) is 167 Å². The highest BCUT2D eigenvalue weighted by atomic mass is 16.7. The van der Waals surface area contributed by atoms with Crippen molar-refractivity contribution < 1.29 is 86.2 Å². The minimum Gasteiger partial charge on any atom is -0.480 e. The molecule has 0 saturated heterocycles. The van der Waals surface area contributed by atoms with E-state index in [1.165, 1.54) is 0 Å². The molecule has 0 saturated carbocycles. The molecule has 246 valence electrons. The van der Waals surface area contributed by atoms with E-state index in [0.29, 0.717) is 0 Å². The Kier molecular flexibility index (Phi) is 29.5. The molecule has 0 aliphatic heterocycles. The average molecular weight is 619 g/mol. The van der Waals surface area contributed by atoms with Crippen molar-refractivity contribution in [3.63, 3.8) is 0 Å². The average Bonchev–Trinajstić information content (AvgIpc) is 2.96. The minimum atomic E-state index is -1.09. The van der Waals surface area contributed by atoms with E-state index in [4.69, 9.17) is 57.6 Å². The lowest BCUT2D eigenvalue weighted by Crippen LogP contribution is -2.30. The van der Waals surface area contributed by atoms with Gasteiger partial charge < -0.3 is 67.1 Å². The Morgan fingerprint density at radius 2 is 0.786 bits per heavy atom. The Morgan fingerprint density at radius 1 is 0.476 bits per heavy atom. The molecule has 0 bridgehead atoms. The maximum absolute atomic E-state index is 10.5. The molecule has 0 radical (unpaired) electrons. The van der Waals surface area contributed by atoms with Crippen molar-refractivity contribution in [1.82, 2.24) is 0 Å². The first-order valence-electron chi connectivity index (χ1n) is 12.9. The molecule has 2 N–H and O–H groups in total. The van der Waals surface area contributed by atoms with Crippen LogP contribution >= 0.6 is 0 Å². The molecular formula is C24H42O18. The molecule has 2 atom stereocenters. The number of carbonyl (C=O) groups excluding carboxylic acids is 2. The molecule has 0 aromatic heterocycles. The molecule has 0 aromatic carbocycles. The largest absolute Gasteiger partial charge is 0.480 e. The van der Waals surface area contributed by atoms with E-state index >= 15 is 0 Å². The van der Waals surface area contributed by atoms with Gasteiger partial charge in [-0.25, -0.2) is 9.59 Å². The number of hydrogen-bond acceptors (Lipinski definition) is 16. The summed E-state index contributed by atoms with van der Waals surface area (Å²) in [5.74, 6) is -2.17. The van der Waals surface area contributed by atoms with Crippen molar-refractivity contribution in [2.75, 3.05) is 119 Å². The Hall–Kier alpha value is -2.52. The number of carboxylic acids is 2. The maximum Gasteiger partial charge on any atom is 0.329 e. The van der Waals surface area contributed by atoms with Gasteiger partial charge in [-0.3, -0.25) is 9.59 Å². The van der Waals surface area contributed by atoms with Gasteiger partial charge in [0.1, 0.15) is 25.4 Å². The zero-order chi connectivity index (χ0) is 30.9. The van der Waals surface area contributed by atoms with E-state index in [-0.39, 0.29) is 119 Å². The SMILES string of the molecule is O=COCOCCOCC(COCCOCC(COCCOCC(=O)O)OCCOCC(=O)O)OCCOCOC=O. The van der Waals surface area contributed by atoms with E-state index in [0.717, 1.165) is 0 Å². The molecule has 0 aliphatic carbocycles. The number of hydrogen-bond donors (Lipinski definition) is 2. The highest BCUT2D eigenvalue weighted by Gasteiger charge is 2.13. The third-order valence-electron chi connectivity index (χ3n) is 4.38. The fraction of sp³-hybridized carbons (Fsp3) is 0.833. The number of aliphatic carboxylic acids is 2. The quantitative estimate of drug-likeness (QED) is 0.0460. The van der Waals surface area contributed by atoms with Crippen LogP contribution in [0.5, 0.6) is 0 Å². The zero-order valence-corrected chi connectivity index (χ0v) is 23.5. The second kappa shape index (κ2) is 31.4. The van der Waals surface area contributed by atoms with Gasteiger partial charge in [0.25, 0.3) is 12.9 Å². The van der Waals surface area contributed by atoms with Crippen LogP contribution in [0.15, 0.2) is 0 Å². The Labute approximate surface area is 243 Å². The zero-order valence-electron chi connectivity index (χ0n) is 23.5. The fourth-order valence-corrected chi connectivity index (χ4v) is 2.64. The van der Waals surface area contributed by atoms with Crippen LogP contribution in [0, 0.1) is 0 Å². The molecule has 0 rings (SSSR count). The van der Waals surface area contributed by atoms with Gasteiger partial charge in [-0.05, 0) is 0 Å². The van der Waals surface area contributed by atoms with E-state index < -0.39 is 37.4 Å². The summed E-state index contributed by atoms with van der Waals surface area (Å²) in [6.45, 7) is 1.54. The molecular weight excluding hydrogens is 576 g/mol. The smallest absolute Gasteiger partial charge is 0.329 e. The molecule has 0 aliphatic rings. The normalized spacial score (nSPS) is 12.5. The Morgan fingerprint density at radius 3 is 1.14 bits per heavy atom. The highest BCUT2D eigenvalue weighted by molar-refractivity contribution is 5.68. The molecule has 0 heterocycles. The van der Waals surface area contributed by atoms with Crippen LogP contribution in [0.25, 0.3) is 0 Å². The predicted molar refractivity (Wildman–Crippen MR) is 136 cm³/mol. The molecule has 18 nitrogen and oxygen atoms in total. The summed E-state index contributed by atoms with van der Waals surface area (Å²) in [5.41, 5.74) is 0. The molecule has 0 amide bonds. The summed E-state index contributed by atoms with van der Waals surface area (Å²) in [7, 11) is 0. The summed E-state index contributed by atoms with van der Waals surface area (Å²) < 4.78 is 62.2. The number of carbonyl (C=O) groups is 4. The molecule has 18 heteroatoms. The van der Waals surface area contributed by atoms with Crippen LogP contribution in [0.1, 0.15) is 0 Å². The van der Waals surface area contributed by atoms with E-state index in [1.807, 2.05) is 0 Å². The number of rotatable bonds is 35. The van der Waals surface area contributed by atoms with Crippen molar-refractivity contribution in [2.45, 2.75) is 12.2 Å². The van der Waals surface area contributed by atoms with Crippen LogP contribution in [0.2, 0.25) is 0 Å². The third-order valence-corrected chi connectivity index (χ3v) is 4.38. The van der Waals surface area contributed by atoms with Crippen molar-refractivity contribution in [3.8, 4) is 0 Å². The first-order valence-corrected chi connectivity index (χ1v) is 12.9. The van der Waals surface area contributed by atoms with Gasteiger partial charge >= 0.3 is 11.9 Å². The summed E-state index contributed by atoms with van der Waals surface area (Å²) in [6, 6.07) is 0. The lowest BCUT2D eigenvalue weighted by Gasteiger charge is -2.20. The highest BCUT2D eigenvalue weighted by Crippen LogP contribution is 1.99. The minimum absolute atomic E-state index is 0.0604. The standard InChI is InChI=1S/C24H42O18/c25-17-39-19-37-6-5-34-14-22(42-10-8-38-20-40-18-26)13-32-2-1-31-11-21(41-9-7-36-16-24(29)30)12-33-3-4-35-15-23(27)28/h17-18,21-22H,1-16,19-20H2,(H,27,28)(H,29,30). The van der Waals surface area contributed by atoms with E-state index in [9.17, 15) is 19.2 Å². The van der Waals surface area contributed by atoms with Gasteiger partial charge in [0.15, 0.2) is 13.6 Å². The maximum atomic E-state index is 10.5. The monoisotopic (exact) mass is 618 g/mol.